The summed E-state index contributed by atoms with van der Waals surface area (Å²) in [4.78, 5) is 14.5. The largest absolute Gasteiger partial charge is 0.383 e. The minimum absolute atomic E-state index is 0.0390. The molecule has 0 unspecified atom stereocenters. The smallest absolute Gasteiger partial charge is 0.259 e. The number of anilines is 1. The minimum atomic E-state index is 0.0390. The van der Waals surface area contributed by atoms with E-state index in [1.807, 2.05) is 60.7 Å². The number of carbonyl (C=O) groups is 1. The van der Waals surface area contributed by atoms with E-state index in [1.54, 1.807) is 12.0 Å². The number of hydrogen-bond donors (Lipinski definition) is 0. The van der Waals surface area contributed by atoms with Gasteiger partial charge in [0, 0.05) is 24.8 Å². The zero-order valence-electron chi connectivity index (χ0n) is 12.0. The molecular weight excluding hydrogens is 262 g/mol. The summed E-state index contributed by atoms with van der Waals surface area (Å²) in [6.07, 6.45) is 1.95. The van der Waals surface area contributed by atoms with Gasteiger partial charge in [0.1, 0.15) is 0 Å². The highest BCUT2D eigenvalue weighted by Gasteiger charge is 2.31. The van der Waals surface area contributed by atoms with Crippen molar-refractivity contribution in [1.29, 1.82) is 0 Å². The normalized spacial score (nSPS) is 15.6. The van der Waals surface area contributed by atoms with E-state index in [1.165, 1.54) is 0 Å². The summed E-state index contributed by atoms with van der Waals surface area (Å²) in [7, 11) is 1.65. The number of benzene rings is 2. The fourth-order valence-electron chi connectivity index (χ4n) is 2.57. The number of hydrogen-bond acceptors (Lipinski definition) is 2. The molecule has 1 amide bonds. The lowest BCUT2D eigenvalue weighted by Crippen LogP contribution is -2.29. The molecule has 3 nitrogen and oxygen atoms in total. The predicted octanol–water partition coefficient (Wildman–Crippen LogP) is 3.22. The Morgan fingerprint density at radius 1 is 1.05 bits per heavy atom. The number of methoxy groups -OCH3 is 1. The van der Waals surface area contributed by atoms with Crippen LogP contribution in [0.4, 0.5) is 5.69 Å². The number of rotatable bonds is 4. The van der Waals surface area contributed by atoms with Crippen LogP contribution in [0.25, 0.3) is 11.6 Å². The number of carbonyl (C=O) groups excluding carboxylic acids is 1. The fraction of sp³-hybridized carbons (Fsp3) is 0.167. The van der Waals surface area contributed by atoms with Gasteiger partial charge in [-0.25, -0.2) is 0 Å². The van der Waals surface area contributed by atoms with E-state index in [2.05, 4.69) is 0 Å². The second kappa shape index (κ2) is 5.94. The van der Waals surface area contributed by atoms with E-state index in [0.717, 1.165) is 22.4 Å². The summed E-state index contributed by atoms with van der Waals surface area (Å²) < 4.78 is 5.11. The monoisotopic (exact) mass is 279 g/mol. The Bertz CT molecular complexity index is 677. The minimum Gasteiger partial charge on any atom is -0.383 e. The molecule has 0 saturated heterocycles. The molecule has 2 aromatic carbocycles. The van der Waals surface area contributed by atoms with Gasteiger partial charge in [0.05, 0.1) is 12.3 Å². The third-order valence-electron chi connectivity index (χ3n) is 3.59. The van der Waals surface area contributed by atoms with Crippen molar-refractivity contribution in [3.8, 4) is 0 Å². The zero-order chi connectivity index (χ0) is 14.7. The van der Waals surface area contributed by atoms with Gasteiger partial charge in [-0.05, 0) is 17.7 Å². The van der Waals surface area contributed by atoms with Crippen LogP contribution in [0.2, 0.25) is 0 Å². The van der Waals surface area contributed by atoms with Crippen molar-refractivity contribution in [2.75, 3.05) is 25.2 Å². The van der Waals surface area contributed by atoms with E-state index >= 15 is 0 Å². The van der Waals surface area contributed by atoms with Crippen LogP contribution in [-0.2, 0) is 9.53 Å². The third kappa shape index (κ3) is 2.60. The van der Waals surface area contributed by atoms with Crippen LogP contribution in [0.3, 0.4) is 0 Å². The maximum Gasteiger partial charge on any atom is 0.259 e. The Morgan fingerprint density at radius 2 is 1.76 bits per heavy atom. The van der Waals surface area contributed by atoms with Crippen molar-refractivity contribution in [3.05, 3.63) is 65.7 Å². The molecule has 0 saturated carbocycles. The molecule has 3 rings (SSSR count). The van der Waals surface area contributed by atoms with Crippen LogP contribution in [0.1, 0.15) is 11.1 Å². The van der Waals surface area contributed by atoms with Crippen molar-refractivity contribution in [3.63, 3.8) is 0 Å². The molecule has 106 valence electrons. The highest BCUT2D eigenvalue weighted by atomic mass is 16.5. The van der Waals surface area contributed by atoms with E-state index in [0.29, 0.717) is 13.2 Å². The van der Waals surface area contributed by atoms with Gasteiger partial charge < -0.3 is 9.64 Å². The van der Waals surface area contributed by atoms with Crippen LogP contribution >= 0.6 is 0 Å². The lowest BCUT2D eigenvalue weighted by molar-refractivity contribution is -0.113. The van der Waals surface area contributed by atoms with Crippen LogP contribution in [0.15, 0.2) is 54.6 Å². The highest BCUT2D eigenvalue weighted by Crippen LogP contribution is 2.37. The van der Waals surface area contributed by atoms with Crippen LogP contribution in [-0.4, -0.2) is 26.2 Å². The fourth-order valence-corrected chi connectivity index (χ4v) is 2.57. The van der Waals surface area contributed by atoms with Gasteiger partial charge in [0.2, 0.25) is 0 Å². The Kier molecular flexibility index (Phi) is 3.84. The molecule has 0 fully saturated rings. The molecule has 0 aromatic heterocycles. The van der Waals surface area contributed by atoms with Gasteiger partial charge in [0.15, 0.2) is 0 Å². The summed E-state index contributed by atoms with van der Waals surface area (Å²) >= 11 is 0. The van der Waals surface area contributed by atoms with Gasteiger partial charge in [-0.1, -0.05) is 48.5 Å². The lowest BCUT2D eigenvalue weighted by Gasteiger charge is -2.16. The summed E-state index contributed by atoms with van der Waals surface area (Å²) in [5.41, 5.74) is 3.72. The van der Waals surface area contributed by atoms with E-state index < -0.39 is 0 Å². The average Bonchev–Trinajstić information content (AvgIpc) is 2.79. The Hall–Kier alpha value is -2.39. The van der Waals surface area contributed by atoms with E-state index in [-0.39, 0.29) is 5.91 Å². The maximum atomic E-state index is 12.7. The molecule has 3 heteroatoms. The van der Waals surface area contributed by atoms with Gasteiger partial charge in [-0.3, -0.25) is 4.79 Å². The third-order valence-corrected chi connectivity index (χ3v) is 3.59. The quantitative estimate of drug-likeness (QED) is 0.804. The molecule has 0 bridgehead atoms. The molecule has 0 radical (unpaired) electrons. The van der Waals surface area contributed by atoms with Crippen molar-refractivity contribution < 1.29 is 9.53 Å². The summed E-state index contributed by atoms with van der Waals surface area (Å²) in [5.74, 6) is 0.0390. The zero-order valence-corrected chi connectivity index (χ0v) is 12.0. The standard InChI is InChI=1S/C18H17NO2/c1-21-12-11-19-17-10-6-5-9-15(17)16(18(19)20)13-14-7-3-2-4-8-14/h2-10,13H,11-12H2,1H3. The average molecular weight is 279 g/mol. The van der Waals surface area contributed by atoms with Gasteiger partial charge in [-0.2, -0.15) is 0 Å². The lowest BCUT2D eigenvalue weighted by atomic mass is 10.0. The van der Waals surface area contributed by atoms with Crippen molar-refractivity contribution >= 4 is 23.2 Å². The second-order valence-corrected chi connectivity index (χ2v) is 4.94. The summed E-state index contributed by atoms with van der Waals surface area (Å²) in [6, 6.07) is 17.8. The van der Waals surface area contributed by atoms with Gasteiger partial charge >= 0.3 is 0 Å². The highest BCUT2D eigenvalue weighted by molar-refractivity contribution is 6.35. The van der Waals surface area contributed by atoms with E-state index in [9.17, 15) is 4.79 Å². The second-order valence-electron chi connectivity index (χ2n) is 4.94. The van der Waals surface area contributed by atoms with Gasteiger partial charge in [0.25, 0.3) is 5.91 Å². The van der Waals surface area contributed by atoms with Crippen LogP contribution in [0, 0.1) is 0 Å². The number of fused-ring (bicyclic) bond motifs is 1. The summed E-state index contributed by atoms with van der Waals surface area (Å²) in [6.45, 7) is 1.09. The Morgan fingerprint density at radius 3 is 2.52 bits per heavy atom. The van der Waals surface area contributed by atoms with Gasteiger partial charge in [-0.15, -0.1) is 0 Å². The molecule has 0 aliphatic carbocycles. The molecule has 1 aliphatic heterocycles. The predicted molar refractivity (Wildman–Crippen MR) is 85.0 cm³/mol. The first-order chi connectivity index (χ1) is 10.3. The first-order valence-corrected chi connectivity index (χ1v) is 6.98. The summed E-state index contributed by atoms with van der Waals surface area (Å²) in [5, 5.41) is 0. The van der Waals surface area contributed by atoms with Crippen LogP contribution in [0.5, 0.6) is 0 Å². The number of amides is 1. The molecule has 1 aliphatic rings. The molecule has 2 aromatic rings. The molecule has 0 N–H and O–H groups in total. The Labute approximate surface area is 124 Å². The Balaban J connectivity index is 2.02. The topological polar surface area (TPSA) is 29.5 Å². The molecule has 0 spiro atoms. The molecule has 0 atom stereocenters. The van der Waals surface area contributed by atoms with Crippen molar-refractivity contribution in [2.24, 2.45) is 0 Å². The van der Waals surface area contributed by atoms with Crippen molar-refractivity contribution in [2.45, 2.75) is 0 Å². The SMILES string of the molecule is COCCN1C(=O)C(=Cc2ccccc2)c2ccccc21. The number of para-hydroxylation sites is 1. The van der Waals surface area contributed by atoms with Crippen molar-refractivity contribution in [1.82, 2.24) is 0 Å². The maximum absolute atomic E-state index is 12.7. The molecule has 21 heavy (non-hydrogen) atoms. The van der Waals surface area contributed by atoms with E-state index in [4.69, 9.17) is 4.74 Å². The molecular formula is C18H17NO2. The van der Waals surface area contributed by atoms with Crippen LogP contribution < -0.4 is 4.90 Å². The first kappa shape index (κ1) is 13.6. The molecule has 1 heterocycles. The number of ether oxygens (including phenoxy) is 1. The number of nitrogens with zero attached hydrogens (tertiary/aromatic N) is 1. The first-order valence-electron chi connectivity index (χ1n) is 6.98.